The zero-order valence-corrected chi connectivity index (χ0v) is 11.6. The predicted octanol–water partition coefficient (Wildman–Crippen LogP) is 1.82. The van der Waals surface area contributed by atoms with Gasteiger partial charge in [-0.1, -0.05) is 18.2 Å². The summed E-state index contributed by atoms with van der Waals surface area (Å²) in [5.74, 6) is 1.42. The average molecular weight is 280 g/mol. The average Bonchev–Trinajstić information content (AvgIpc) is 3.27. The summed E-state index contributed by atoms with van der Waals surface area (Å²) in [7, 11) is 0. The summed E-state index contributed by atoms with van der Waals surface area (Å²) in [5.41, 5.74) is 5.17. The van der Waals surface area contributed by atoms with E-state index in [9.17, 15) is 4.79 Å². The Hall–Kier alpha value is -2.19. The van der Waals surface area contributed by atoms with Crippen LogP contribution in [0.5, 0.6) is 0 Å². The Labute approximate surface area is 123 Å². The van der Waals surface area contributed by atoms with Crippen molar-refractivity contribution in [1.82, 2.24) is 10.4 Å². The Morgan fingerprint density at radius 1 is 1.38 bits per heavy atom. The van der Waals surface area contributed by atoms with Gasteiger partial charge < -0.3 is 0 Å². The topological polar surface area (TPSA) is 68.5 Å². The van der Waals surface area contributed by atoms with E-state index in [1.165, 1.54) is 12.8 Å². The Balaban J connectivity index is 1.58. The molecule has 0 saturated heterocycles. The maximum Gasteiger partial charge on any atom is 0.203 e. The molecule has 1 saturated carbocycles. The Morgan fingerprint density at radius 2 is 2.24 bits per heavy atom. The molecule has 2 aliphatic heterocycles. The summed E-state index contributed by atoms with van der Waals surface area (Å²) in [6.45, 7) is 0. The molecule has 0 spiro atoms. The fourth-order valence-electron chi connectivity index (χ4n) is 3.05. The molecule has 0 bridgehead atoms. The first-order chi connectivity index (χ1) is 10.3. The fourth-order valence-corrected chi connectivity index (χ4v) is 3.05. The molecule has 21 heavy (non-hydrogen) atoms. The Bertz CT molecular complexity index is 660. The second kappa shape index (κ2) is 4.68. The van der Waals surface area contributed by atoms with Gasteiger partial charge in [0, 0.05) is 23.6 Å². The van der Waals surface area contributed by atoms with Gasteiger partial charge in [-0.05, 0) is 31.3 Å². The van der Waals surface area contributed by atoms with E-state index in [2.05, 4.69) is 16.5 Å². The summed E-state index contributed by atoms with van der Waals surface area (Å²) in [5, 5.41) is 10.8. The minimum absolute atomic E-state index is 0.0585. The maximum atomic E-state index is 12.1. The van der Waals surface area contributed by atoms with Crippen LogP contribution in [0.2, 0.25) is 0 Å². The van der Waals surface area contributed by atoms with Gasteiger partial charge in [0.1, 0.15) is 6.17 Å². The third kappa shape index (κ3) is 2.12. The molecule has 2 aliphatic carbocycles. The van der Waals surface area contributed by atoms with E-state index in [1.807, 2.05) is 29.3 Å². The van der Waals surface area contributed by atoms with Crippen LogP contribution in [0.4, 0.5) is 0 Å². The first kappa shape index (κ1) is 12.5. The lowest BCUT2D eigenvalue weighted by Gasteiger charge is -2.31. The molecule has 0 radical (unpaired) electrons. The smallest absolute Gasteiger partial charge is 0.203 e. The number of nitrogens with zero attached hydrogens (tertiary/aromatic N) is 3. The van der Waals surface area contributed by atoms with E-state index in [-0.39, 0.29) is 17.9 Å². The summed E-state index contributed by atoms with van der Waals surface area (Å²) < 4.78 is 0. The highest BCUT2D eigenvalue weighted by atomic mass is 16.1. The van der Waals surface area contributed by atoms with Crippen LogP contribution in [0.15, 0.2) is 40.6 Å². The molecule has 2 atom stereocenters. The van der Waals surface area contributed by atoms with Gasteiger partial charge in [0.2, 0.25) is 5.78 Å². The lowest BCUT2D eigenvalue weighted by atomic mass is 9.91. The third-order valence-electron chi connectivity index (χ3n) is 4.42. The van der Waals surface area contributed by atoms with Gasteiger partial charge in [-0.15, -0.1) is 0 Å². The number of nitrogens with one attached hydrogen (secondary N) is 1. The van der Waals surface area contributed by atoms with Gasteiger partial charge >= 0.3 is 0 Å². The molecule has 1 fully saturated rings. The minimum atomic E-state index is 0.0585. The zero-order valence-electron chi connectivity index (χ0n) is 11.6. The monoisotopic (exact) mass is 280 g/mol. The third-order valence-corrected chi connectivity index (χ3v) is 4.42. The van der Waals surface area contributed by atoms with Crippen molar-refractivity contribution in [2.24, 2.45) is 16.8 Å². The van der Waals surface area contributed by atoms with Crippen LogP contribution in [0.3, 0.4) is 0 Å². The lowest BCUT2D eigenvalue weighted by molar-refractivity contribution is -0.113. The number of allylic oxidation sites excluding steroid dienone is 5. The van der Waals surface area contributed by atoms with Gasteiger partial charge in [-0.2, -0.15) is 5.26 Å². The highest BCUT2D eigenvalue weighted by Gasteiger charge is 2.42. The number of carbonyl (C=O) groups excluding carboxylic acids is 1. The summed E-state index contributed by atoms with van der Waals surface area (Å²) in [6, 6.07) is 2.16. The number of hydrogen-bond acceptors (Lipinski definition) is 5. The molecule has 5 heteroatoms. The molecule has 106 valence electrons. The predicted molar refractivity (Wildman–Crippen MR) is 77.6 cm³/mol. The van der Waals surface area contributed by atoms with Crippen molar-refractivity contribution in [2.75, 3.05) is 0 Å². The van der Waals surface area contributed by atoms with E-state index in [4.69, 9.17) is 5.26 Å². The van der Waals surface area contributed by atoms with Crippen molar-refractivity contribution in [3.05, 3.63) is 35.6 Å². The SMILES string of the molecule is N#CC1=CCC(C2=CCC(=O)C3=NC(C4CC4)NN23)C=C1. The molecule has 0 aromatic carbocycles. The number of Topliss-reactive ketones (excluding diaryl/α,β-unsaturated/α-hetero) is 1. The molecular weight excluding hydrogens is 264 g/mol. The Kier molecular flexibility index (Phi) is 2.79. The molecule has 0 amide bonds. The number of carbonyl (C=O) groups is 1. The molecule has 0 aromatic rings. The zero-order chi connectivity index (χ0) is 14.4. The van der Waals surface area contributed by atoms with Crippen LogP contribution in [0.25, 0.3) is 0 Å². The quantitative estimate of drug-likeness (QED) is 0.837. The van der Waals surface area contributed by atoms with Crippen LogP contribution in [-0.2, 0) is 4.79 Å². The van der Waals surface area contributed by atoms with Gasteiger partial charge in [0.15, 0.2) is 5.84 Å². The molecule has 4 aliphatic rings. The van der Waals surface area contributed by atoms with E-state index in [0.29, 0.717) is 23.7 Å². The summed E-state index contributed by atoms with van der Waals surface area (Å²) >= 11 is 0. The number of nitriles is 1. The number of fused-ring (bicyclic) bond motifs is 1. The molecular formula is C16H16N4O. The van der Waals surface area contributed by atoms with Crippen LogP contribution in [0.1, 0.15) is 25.7 Å². The lowest BCUT2D eigenvalue weighted by Crippen LogP contribution is -2.46. The number of hydrogen-bond donors (Lipinski definition) is 1. The van der Waals surface area contributed by atoms with Crippen LogP contribution < -0.4 is 5.43 Å². The van der Waals surface area contributed by atoms with Gasteiger partial charge in [0.05, 0.1) is 6.07 Å². The minimum Gasteiger partial charge on any atom is -0.290 e. The van der Waals surface area contributed by atoms with E-state index in [1.54, 1.807) is 0 Å². The molecule has 5 nitrogen and oxygen atoms in total. The highest BCUT2D eigenvalue weighted by Crippen LogP contribution is 2.37. The number of aliphatic imine (C=N–C) groups is 1. The number of hydrazine groups is 1. The van der Waals surface area contributed by atoms with Crippen molar-refractivity contribution in [2.45, 2.75) is 31.8 Å². The van der Waals surface area contributed by atoms with E-state index < -0.39 is 0 Å². The largest absolute Gasteiger partial charge is 0.290 e. The van der Waals surface area contributed by atoms with Crippen molar-refractivity contribution in [1.29, 1.82) is 5.26 Å². The molecule has 0 aromatic heterocycles. The molecule has 4 rings (SSSR count). The Morgan fingerprint density at radius 3 is 2.90 bits per heavy atom. The molecule has 2 heterocycles. The second-order valence-corrected chi connectivity index (χ2v) is 5.93. The first-order valence-electron chi connectivity index (χ1n) is 7.42. The van der Waals surface area contributed by atoms with Crippen LogP contribution in [-0.4, -0.2) is 22.8 Å². The van der Waals surface area contributed by atoms with Crippen molar-refractivity contribution in [3.8, 4) is 6.07 Å². The first-order valence-corrected chi connectivity index (χ1v) is 7.42. The van der Waals surface area contributed by atoms with Gasteiger partial charge in [-0.25, -0.2) is 10.4 Å². The maximum absolute atomic E-state index is 12.1. The number of rotatable bonds is 2. The number of amidine groups is 1. The van der Waals surface area contributed by atoms with Crippen molar-refractivity contribution >= 4 is 11.6 Å². The number of ketones is 1. The summed E-state index contributed by atoms with van der Waals surface area (Å²) in [6.07, 6.45) is 11.5. The van der Waals surface area contributed by atoms with Crippen LogP contribution >= 0.6 is 0 Å². The van der Waals surface area contributed by atoms with Gasteiger partial charge in [0.25, 0.3) is 0 Å². The van der Waals surface area contributed by atoms with E-state index >= 15 is 0 Å². The second-order valence-electron chi connectivity index (χ2n) is 5.93. The van der Waals surface area contributed by atoms with Crippen molar-refractivity contribution < 1.29 is 4.79 Å². The van der Waals surface area contributed by atoms with Crippen LogP contribution in [0, 0.1) is 23.2 Å². The van der Waals surface area contributed by atoms with E-state index in [0.717, 1.165) is 12.1 Å². The fraction of sp³-hybridized carbons (Fsp3) is 0.438. The standard InChI is InChI=1S/C16H16N4O/c17-9-10-1-3-11(4-2-10)13-7-8-14(21)16-18-15(12-5-6-12)19-20(13)16/h1-3,7,11-12,15,19H,4-6,8H2. The highest BCUT2D eigenvalue weighted by molar-refractivity contribution is 6.40. The summed E-state index contributed by atoms with van der Waals surface area (Å²) in [4.78, 5) is 16.6. The van der Waals surface area contributed by atoms with Gasteiger partial charge in [-0.3, -0.25) is 9.80 Å². The van der Waals surface area contributed by atoms with Crippen molar-refractivity contribution in [3.63, 3.8) is 0 Å². The molecule has 1 N–H and O–H groups in total. The normalized spacial score (nSPS) is 31.3. The molecule has 2 unspecified atom stereocenters.